The quantitative estimate of drug-likeness (QED) is 0.791. The molecule has 0 spiro atoms. The third-order valence-electron chi connectivity index (χ3n) is 2.38. The highest BCUT2D eigenvalue weighted by molar-refractivity contribution is 6.29. The Balaban J connectivity index is 0.000000963. The Morgan fingerprint density at radius 2 is 2.06 bits per heavy atom. The second kappa shape index (κ2) is 3.53. The standard InChI is InChI=1S/C10H6N4O.ClH/c11-10(15)5-3-7-8-6(1-2-12-7)13-4-14-9(5)8;/h1-4H,(H2,11,15);1H. The van der Waals surface area contributed by atoms with Gasteiger partial charge in [0.2, 0.25) is 0 Å². The van der Waals surface area contributed by atoms with E-state index in [0.29, 0.717) is 17.0 Å². The molecule has 2 aromatic heterocycles. The van der Waals surface area contributed by atoms with Crippen LogP contribution in [0.25, 0.3) is 22.6 Å². The van der Waals surface area contributed by atoms with Crippen molar-refractivity contribution >= 4 is 40.9 Å². The maximum atomic E-state index is 11.2. The number of hydrogen-bond donors (Lipinski definition) is 1. The highest BCUT2D eigenvalue weighted by atomic mass is 35.5. The molecule has 2 aromatic rings. The van der Waals surface area contributed by atoms with Crippen LogP contribution in [0.5, 0.6) is 0 Å². The van der Waals surface area contributed by atoms with Gasteiger partial charge in [0, 0.05) is 6.20 Å². The molecule has 2 N–H and O–H groups in total. The van der Waals surface area contributed by atoms with Crippen LogP contribution in [0.4, 0.5) is 0 Å². The molecule has 1 aliphatic rings. The van der Waals surface area contributed by atoms with Crippen LogP contribution in [0.2, 0.25) is 0 Å². The lowest BCUT2D eigenvalue weighted by molar-refractivity contribution is -0.112. The summed E-state index contributed by atoms with van der Waals surface area (Å²) in [5.74, 6) is -0.493. The minimum atomic E-state index is -0.493. The van der Waals surface area contributed by atoms with Crippen LogP contribution in [-0.2, 0) is 4.79 Å². The summed E-state index contributed by atoms with van der Waals surface area (Å²) in [6.45, 7) is 0. The summed E-state index contributed by atoms with van der Waals surface area (Å²) in [5, 5.41) is 0.800. The number of primary amides is 1. The van der Waals surface area contributed by atoms with E-state index in [1.165, 1.54) is 6.33 Å². The first-order chi connectivity index (χ1) is 7.27. The first-order valence-corrected chi connectivity index (χ1v) is 4.39. The molecule has 2 heterocycles. The Bertz CT molecular complexity index is 618. The smallest absolute Gasteiger partial charge is 0.250 e. The molecule has 0 aromatic carbocycles. The summed E-state index contributed by atoms with van der Waals surface area (Å²) in [6.07, 6.45) is 4.72. The van der Waals surface area contributed by atoms with E-state index in [4.69, 9.17) is 5.73 Å². The normalized spacial score (nSPS) is 12.1. The summed E-state index contributed by atoms with van der Waals surface area (Å²) in [5.41, 5.74) is 7.72. The maximum Gasteiger partial charge on any atom is 0.250 e. The number of pyridine rings is 1. The minimum Gasteiger partial charge on any atom is -0.366 e. The zero-order valence-corrected chi connectivity index (χ0v) is 8.86. The lowest BCUT2D eigenvalue weighted by Crippen LogP contribution is -2.12. The van der Waals surface area contributed by atoms with Crippen molar-refractivity contribution in [2.75, 3.05) is 0 Å². The number of amides is 1. The molecule has 0 bridgehead atoms. The van der Waals surface area contributed by atoms with E-state index in [1.54, 1.807) is 18.3 Å². The third-order valence-corrected chi connectivity index (χ3v) is 2.38. The molecule has 5 nitrogen and oxygen atoms in total. The molecule has 0 aliphatic heterocycles. The van der Waals surface area contributed by atoms with Crippen molar-refractivity contribution in [2.45, 2.75) is 0 Å². The molecule has 0 fully saturated rings. The molecule has 80 valence electrons. The SMILES string of the molecule is Cl.NC(=O)C1=Cc2nccc3ncnc1c23. The van der Waals surface area contributed by atoms with Crippen molar-refractivity contribution in [1.82, 2.24) is 15.0 Å². The van der Waals surface area contributed by atoms with Gasteiger partial charge in [-0.2, -0.15) is 0 Å². The monoisotopic (exact) mass is 234 g/mol. The molecule has 0 unspecified atom stereocenters. The van der Waals surface area contributed by atoms with Crippen molar-refractivity contribution in [1.29, 1.82) is 0 Å². The zero-order valence-electron chi connectivity index (χ0n) is 8.04. The minimum absolute atomic E-state index is 0. The van der Waals surface area contributed by atoms with Gasteiger partial charge in [-0.15, -0.1) is 12.4 Å². The highest BCUT2D eigenvalue weighted by Gasteiger charge is 2.22. The zero-order chi connectivity index (χ0) is 10.4. The number of aromatic nitrogens is 3. The molecule has 0 radical (unpaired) electrons. The Kier molecular flexibility index (Phi) is 2.32. The van der Waals surface area contributed by atoms with Gasteiger partial charge >= 0.3 is 0 Å². The molecule has 0 saturated heterocycles. The number of rotatable bonds is 1. The van der Waals surface area contributed by atoms with Crippen LogP contribution in [0.3, 0.4) is 0 Å². The molecule has 0 atom stereocenters. The van der Waals surface area contributed by atoms with E-state index < -0.39 is 5.91 Å². The Morgan fingerprint density at radius 1 is 1.25 bits per heavy atom. The average Bonchev–Trinajstić information content (AvgIpc) is 2.61. The number of carbonyl (C=O) groups is 1. The van der Waals surface area contributed by atoms with Gasteiger partial charge in [0.25, 0.3) is 5.91 Å². The van der Waals surface area contributed by atoms with Crippen LogP contribution in [0.1, 0.15) is 11.4 Å². The highest BCUT2D eigenvalue weighted by Crippen LogP contribution is 2.31. The molecule has 1 aliphatic carbocycles. The number of hydrogen-bond acceptors (Lipinski definition) is 4. The summed E-state index contributed by atoms with van der Waals surface area (Å²) in [7, 11) is 0. The fraction of sp³-hybridized carbons (Fsp3) is 0. The third kappa shape index (κ3) is 1.25. The van der Waals surface area contributed by atoms with Gasteiger partial charge in [-0.3, -0.25) is 9.78 Å². The fourth-order valence-electron chi connectivity index (χ4n) is 1.74. The van der Waals surface area contributed by atoms with Gasteiger partial charge in [0.1, 0.15) is 6.33 Å². The number of carbonyl (C=O) groups excluding carboxylic acids is 1. The summed E-state index contributed by atoms with van der Waals surface area (Å²) >= 11 is 0. The predicted octanol–water partition coefficient (Wildman–Crippen LogP) is 0.786. The van der Waals surface area contributed by atoms with Crippen LogP contribution in [0.15, 0.2) is 18.6 Å². The topological polar surface area (TPSA) is 81.8 Å². The van der Waals surface area contributed by atoms with Crippen molar-refractivity contribution < 1.29 is 4.79 Å². The van der Waals surface area contributed by atoms with Crippen molar-refractivity contribution in [3.8, 4) is 0 Å². The average molecular weight is 235 g/mol. The van der Waals surface area contributed by atoms with Gasteiger partial charge in [-0.25, -0.2) is 9.97 Å². The molecular formula is C10H7ClN4O. The van der Waals surface area contributed by atoms with Crippen molar-refractivity contribution in [3.05, 3.63) is 30.0 Å². The lowest BCUT2D eigenvalue weighted by atomic mass is 10.2. The molecule has 6 heteroatoms. The van der Waals surface area contributed by atoms with E-state index in [1.807, 2.05) is 0 Å². The molecule has 3 rings (SSSR count). The summed E-state index contributed by atoms with van der Waals surface area (Å²) in [6, 6.07) is 1.78. The Morgan fingerprint density at radius 3 is 2.81 bits per heavy atom. The van der Waals surface area contributed by atoms with Gasteiger partial charge in [0.15, 0.2) is 0 Å². The van der Waals surface area contributed by atoms with Crippen LogP contribution < -0.4 is 5.73 Å². The predicted molar refractivity (Wildman–Crippen MR) is 61.6 cm³/mol. The fourth-order valence-corrected chi connectivity index (χ4v) is 1.74. The molecule has 0 saturated carbocycles. The van der Waals surface area contributed by atoms with E-state index in [0.717, 1.165) is 10.9 Å². The molecule has 16 heavy (non-hydrogen) atoms. The second-order valence-electron chi connectivity index (χ2n) is 3.23. The van der Waals surface area contributed by atoms with Crippen molar-refractivity contribution in [2.24, 2.45) is 5.73 Å². The van der Waals surface area contributed by atoms with Crippen LogP contribution >= 0.6 is 12.4 Å². The summed E-state index contributed by atoms with van der Waals surface area (Å²) in [4.78, 5) is 23.5. The van der Waals surface area contributed by atoms with Crippen molar-refractivity contribution in [3.63, 3.8) is 0 Å². The van der Waals surface area contributed by atoms with E-state index in [9.17, 15) is 4.79 Å². The van der Waals surface area contributed by atoms with Crippen LogP contribution in [0, 0.1) is 0 Å². The first-order valence-electron chi connectivity index (χ1n) is 4.39. The molecular weight excluding hydrogens is 228 g/mol. The Labute approximate surface area is 96.8 Å². The largest absolute Gasteiger partial charge is 0.366 e. The number of nitrogens with two attached hydrogens (primary N) is 1. The van der Waals surface area contributed by atoms with Gasteiger partial charge < -0.3 is 5.73 Å². The Hall–Kier alpha value is -2.01. The van der Waals surface area contributed by atoms with Gasteiger partial charge in [-0.1, -0.05) is 0 Å². The maximum absolute atomic E-state index is 11.2. The first kappa shape index (κ1) is 10.5. The van der Waals surface area contributed by atoms with Crippen LogP contribution in [-0.4, -0.2) is 20.9 Å². The van der Waals surface area contributed by atoms with E-state index >= 15 is 0 Å². The van der Waals surface area contributed by atoms with Gasteiger partial charge in [0.05, 0.1) is 27.9 Å². The second-order valence-corrected chi connectivity index (χ2v) is 3.23. The van der Waals surface area contributed by atoms with E-state index in [2.05, 4.69) is 15.0 Å². The number of nitrogens with zero attached hydrogens (tertiary/aromatic N) is 3. The lowest BCUT2D eigenvalue weighted by Gasteiger charge is -1.99. The molecule has 1 amide bonds. The van der Waals surface area contributed by atoms with E-state index in [-0.39, 0.29) is 12.4 Å². The van der Waals surface area contributed by atoms with Gasteiger partial charge in [-0.05, 0) is 12.1 Å². The number of halogens is 1. The summed E-state index contributed by atoms with van der Waals surface area (Å²) < 4.78 is 0.